The van der Waals surface area contributed by atoms with Gasteiger partial charge in [0.25, 0.3) is 0 Å². The molecule has 0 unspecified atom stereocenters. The fraction of sp³-hybridized carbons (Fsp3) is 0.0714. The number of H-pyrrole nitrogens is 1. The highest BCUT2D eigenvalue weighted by molar-refractivity contribution is 6.31. The van der Waals surface area contributed by atoms with Crippen molar-refractivity contribution in [2.75, 3.05) is 0 Å². The number of nitrogens with one attached hydrogen (secondary N) is 1. The van der Waals surface area contributed by atoms with Crippen molar-refractivity contribution in [1.82, 2.24) is 9.55 Å². The van der Waals surface area contributed by atoms with Gasteiger partial charge in [-0.05, 0) is 42.5 Å². The summed E-state index contributed by atoms with van der Waals surface area (Å²) in [6.45, 7) is 0. The van der Waals surface area contributed by atoms with Crippen LogP contribution in [0.2, 0.25) is 5.02 Å². The highest BCUT2D eigenvalue weighted by atomic mass is 35.5. The lowest BCUT2D eigenvalue weighted by atomic mass is 10.2. The summed E-state index contributed by atoms with van der Waals surface area (Å²) in [6, 6.07) is 9.22. The maximum atomic E-state index is 12.5. The Hall–Kier alpha value is -2.21. The molecule has 0 saturated heterocycles. The zero-order valence-corrected chi connectivity index (χ0v) is 11.2. The van der Waals surface area contributed by atoms with Crippen molar-refractivity contribution in [3.05, 3.63) is 63.5 Å². The van der Waals surface area contributed by atoms with E-state index in [0.29, 0.717) is 21.7 Å². The Morgan fingerprint density at radius 3 is 2.33 bits per heavy atom. The second kappa shape index (κ2) is 4.66. The average Bonchev–Trinajstić information content (AvgIpc) is 2.73. The lowest BCUT2D eigenvalue weighted by molar-refractivity contribution is -0.137. The fourth-order valence-corrected chi connectivity index (χ4v) is 2.31. The van der Waals surface area contributed by atoms with Crippen LogP contribution >= 0.6 is 11.6 Å². The van der Waals surface area contributed by atoms with Gasteiger partial charge in [0.15, 0.2) is 0 Å². The topological polar surface area (TPSA) is 37.8 Å². The van der Waals surface area contributed by atoms with Crippen LogP contribution in [0.4, 0.5) is 13.2 Å². The third-order valence-corrected chi connectivity index (χ3v) is 3.33. The first-order chi connectivity index (χ1) is 9.86. The van der Waals surface area contributed by atoms with Gasteiger partial charge in [0.05, 0.1) is 22.3 Å². The maximum Gasteiger partial charge on any atom is 0.416 e. The van der Waals surface area contributed by atoms with Gasteiger partial charge in [0, 0.05) is 5.02 Å². The summed E-state index contributed by atoms with van der Waals surface area (Å²) in [5.41, 5.74) is 0.215. The van der Waals surface area contributed by atoms with Gasteiger partial charge >= 0.3 is 11.9 Å². The quantitative estimate of drug-likeness (QED) is 0.725. The molecule has 0 amide bonds. The number of benzene rings is 2. The minimum atomic E-state index is -4.41. The van der Waals surface area contributed by atoms with E-state index in [1.54, 1.807) is 18.2 Å². The number of alkyl halides is 3. The molecule has 0 aliphatic rings. The minimum Gasteiger partial charge on any atom is -0.305 e. The van der Waals surface area contributed by atoms with E-state index in [1.165, 1.54) is 16.7 Å². The van der Waals surface area contributed by atoms with Crippen LogP contribution in [0, 0.1) is 0 Å². The van der Waals surface area contributed by atoms with Gasteiger partial charge in [-0.15, -0.1) is 0 Å². The third-order valence-electron chi connectivity index (χ3n) is 3.10. The maximum absolute atomic E-state index is 12.5. The number of nitrogens with zero attached hydrogens (tertiary/aromatic N) is 1. The second-order valence-electron chi connectivity index (χ2n) is 4.47. The number of rotatable bonds is 1. The van der Waals surface area contributed by atoms with E-state index in [1.807, 2.05) is 0 Å². The highest BCUT2D eigenvalue weighted by Crippen LogP contribution is 2.30. The second-order valence-corrected chi connectivity index (χ2v) is 4.91. The Balaban J connectivity index is 2.17. The molecule has 2 aromatic carbocycles. The number of aromatic nitrogens is 2. The van der Waals surface area contributed by atoms with Crippen molar-refractivity contribution in [3.63, 3.8) is 0 Å². The van der Waals surface area contributed by atoms with E-state index in [2.05, 4.69) is 4.98 Å². The van der Waals surface area contributed by atoms with Crippen LogP contribution in [-0.2, 0) is 6.18 Å². The molecule has 108 valence electrons. The first-order valence-corrected chi connectivity index (χ1v) is 6.32. The van der Waals surface area contributed by atoms with Crippen molar-refractivity contribution in [3.8, 4) is 5.69 Å². The average molecular weight is 313 g/mol. The molecule has 3 aromatic rings. The highest BCUT2D eigenvalue weighted by Gasteiger charge is 2.30. The van der Waals surface area contributed by atoms with Crippen LogP contribution in [0.25, 0.3) is 16.7 Å². The van der Waals surface area contributed by atoms with Crippen LogP contribution in [-0.4, -0.2) is 9.55 Å². The molecule has 0 aliphatic carbocycles. The lowest BCUT2D eigenvalue weighted by Gasteiger charge is -2.08. The summed E-state index contributed by atoms with van der Waals surface area (Å²) in [6.07, 6.45) is -4.41. The smallest absolute Gasteiger partial charge is 0.305 e. The molecule has 0 aliphatic heterocycles. The van der Waals surface area contributed by atoms with E-state index in [-0.39, 0.29) is 0 Å². The lowest BCUT2D eigenvalue weighted by Crippen LogP contribution is -2.15. The Labute approximate surface area is 121 Å². The van der Waals surface area contributed by atoms with Gasteiger partial charge < -0.3 is 4.98 Å². The van der Waals surface area contributed by atoms with Crippen molar-refractivity contribution in [1.29, 1.82) is 0 Å². The third kappa shape index (κ3) is 2.42. The molecule has 7 heteroatoms. The summed E-state index contributed by atoms with van der Waals surface area (Å²) in [4.78, 5) is 14.6. The van der Waals surface area contributed by atoms with Gasteiger partial charge in [0.2, 0.25) is 0 Å². The molecule has 0 atom stereocenters. The van der Waals surface area contributed by atoms with Crippen LogP contribution in [0.1, 0.15) is 5.56 Å². The molecule has 0 saturated carbocycles. The summed E-state index contributed by atoms with van der Waals surface area (Å²) < 4.78 is 38.9. The van der Waals surface area contributed by atoms with Gasteiger partial charge in [-0.3, -0.25) is 4.57 Å². The van der Waals surface area contributed by atoms with E-state index >= 15 is 0 Å². The predicted octanol–water partition coefficient (Wildman–Crippen LogP) is 3.99. The number of aromatic amines is 1. The SMILES string of the molecule is O=c1[nH]c2cc(Cl)ccc2n1-c1ccc(C(F)(F)F)cc1. The van der Waals surface area contributed by atoms with Crippen LogP contribution in [0.5, 0.6) is 0 Å². The predicted molar refractivity (Wildman–Crippen MR) is 73.9 cm³/mol. The van der Waals surface area contributed by atoms with E-state index in [9.17, 15) is 18.0 Å². The molecule has 1 aromatic heterocycles. The normalized spacial score (nSPS) is 12.0. The van der Waals surface area contributed by atoms with Crippen molar-refractivity contribution >= 4 is 22.6 Å². The van der Waals surface area contributed by atoms with Gasteiger partial charge in [-0.25, -0.2) is 4.79 Å². The van der Waals surface area contributed by atoms with E-state index < -0.39 is 17.4 Å². The van der Waals surface area contributed by atoms with Crippen LogP contribution < -0.4 is 5.69 Å². The number of fused-ring (bicyclic) bond motifs is 1. The molecule has 0 spiro atoms. The van der Waals surface area contributed by atoms with E-state index in [4.69, 9.17) is 11.6 Å². The summed E-state index contributed by atoms with van der Waals surface area (Å²) in [5, 5.41) is 0.461. The summed E-state index contributed by atoms with van der Waals surface area (Å²) in [7, 11) is 0. The molecule has 3 rings (SSSR count). The zero-order valence-electron chi connectivity index (χ0n) is 10.4. The molecular formula is C14H8ClF3N2O. The Morgan fingerprint density at radius 1 is 1.05 bits per heavy atom. The van der Waals surface area contributed by atoms with E-state index in [0.717, 1.165) is 12.1 Å². The number of hydrogen-bond acceptors (Lipinski definition) is 1. The van der Waals surface area contributed by atoms with Gasteiger partial charge in [-0.1, -0.05) is 11.6 Å². The van der Waals surface area contributed by atoms with Gasteiger partial charge in [0.1, 0.15) is 0 Å². The monoisotopic (exact) mass is 312 g/mol. The Morgan fingerprint density at radius 2 is 1.71 bits per heavy atom. The fourth-order valence-electron chi connectivity index (χ4n) is 2.14. The standard InChI is InChI=1S/C14H8ClF3N2O/c15-9-3-6-12-11(7-9)19-13(21)20(12)10-4-1-8(2-5-10)14(16,17)18/h1-7H,(H,19,21). The molecule has 1 heterocycles. The molecule has 0 bridgehead atoms. The Kier molecular flexibility index (Phi) is 3.06. The minimum absolute atomic E-state index is 0.349. The molecule has 21 heavy (non-hydrogen) atoms. The van der Waals surface area contributed by atoms with Gasteiger partial charge in [-0.2, -0.15) is 13.2 Å². The molecule has 3 nitrogen and oxygen atoms in total. The zero-order chi connectivity index (χ0) is 15.2. The van der Waals surface area contributed by atoms with Crippen LogP contribution in [0.15, 0.2) is 47.3 Å². The van der Waals surface area contributed by atoms with Crippen LogP contribution in [0.3, 0.4) is 0 Å². The number of imidazole rings is 1. The summed E-state index contributed by atoms with van der Waals surface area (Å²) in [5.74, 6) is 0. The first kappa shape index (κ1) is 13.8. The molecule has 0 fully saturated rings. The first-order valence-electron chi connectivity index (χ1n) is 5.94. The summed E-state index contributed by atoms with van der Waals surface area (Å²) >= 11 is 5.84. The molecular weight excluding hydrogens is 305 g/mol. The van der Waals surface area contributed by atoms with Crippen molar-refractivity contribution in [2.24, 2.45) is 0 Å². The van der Waals surface area contributed by atoms with Crippen molar-refractivity contribution < 1.29 is 13.2 Å². The van der Waals surface area contributed by atoms with Crippen molar-refractivity contribution in [2.45, 2.75) is 6.18 Å². The number of halogens is 4. The Bertz CT molecular complexity index is 863. The molecule has 0 radical (unpaired) electrons. The largest absolute Gasteiger partial charge is 0.416 e. The number of hydrogen-bond donors (Lipinski definition) is 1. The molecule has 1 N–H and O–H groups in total.